The highest BCUT2D eigenvalue weighted by atomic mass is 127. The van der Waals surface area contributed by atoms with Gasteiger partial charge in [0.25, 0.3) is 0 Å². The lowest BCUT2D eigenvalue weighted by Crippen LogP contribution is -2.43. The van der Waals surface area contributed by atoms with Gasteiger partial charge in [0.15, 0.2) is 0 Å². The van der Waals surface area contributed by atoms with E-state index in [0.29, 0.717) is 12.0 Å². The minimum Gasteiger partial charge on any atom is -0.467 e. The number of methoxy groups -OCH3 is 1. The van der Waals surface area contributed by atoms with Crippen molar-refractivity contribution in [2.24, 2.45) is 0 Å². The summed E-state index contributed by atoms with van der Waals surface area (Å²) in [5.74, 6) is -1.17. The molecule has 1 amide bonds. The van der Waals surface area contributed by atoms with Crippen molar-refractivity contribution >= 4 is 34.5 Å². The van der Waals surface area contributed by atoms with Gasteiger partial charge in [-0.1, -0.05) is 24.3 Å². The number of amides is 1. The summed E-state index contributed by atoms with van der Waals surface area (Å²) >= 11 is 2.19. The zero-order valence-electron chi connectivity index (χ0n) is 13.1. The maximum Gasteiger partial charge on any atom is 0.328 e. The summed E-state index contributed by atoms with van der Waals surface area (Å²) < 4.78 is 18.7. The fourth-order valence-corrected chi connectivity index (χ4v) is 2.88. The molecule has 0 heterocycles. The summed E-state index contributed by atoms with van der Waals surface area (Å²) in [6, 6.07) is 12.6. The first kappa shape index (κ1) is 18.4. The molecule has 2 rings (SSSR count). The molecule has 2 aromatic carbocycles. The molecule has 0 saturated heterocycles. The second-order valence-electron chi connectivity index (χ2n) is 5.28. The highest BCUT2D eigenvalue weighted by Gasteiger charge is 2.22. The third kappa shape index (κ3) is 5.59. The van der Waals surface area contributed by atoms with E-state index in [0.717, 1.165) is 9.13 Å². The monoisotopic (exact) mass is 441 g/mol. The number of hydrogen-bond donors (Lipinski definition) is 1. The van der Waals surface area contributed by atoms with Gasteiger partial charge >= 0.3 is 5.97 Å². The minimum atomic E-state index is -0.763. The molecule has 126 valence electrons. The average molecular weight is 441 g/mol. The molecule has 1 atom stereocenters. The van der Waals surface area contributed by atoms with Crippen LogP contribution in [-0.4, -0.2) is 25.0 Å². The summed E-state index contributed by atoms with van der Waals surface area (Å²) in [4.78, 5) is 24.1. The Balaban J connectivity index is 2.03. The number of hydrogen-bond acceptors (Lipinski definition) is 3. The van der Waals surface area contributed by atoms with Gasteiger partial charge in [-0.05, 0) is 58.0 Å². The molecule has 0 aliphatic rings. The average Bonchev–Trinajstić information content (AvgIpc) is 2.55. The van der Waals surface area contributed by atoms with Gasteiger partial charge in [0.2, 0.25) is 5.91 Å². The van der Waals surface area contributed by atoms with E-state index in [2.05, 4.69) is 27.9 Å². The van der Waals surface area contributed by atoms with Gasteiger partial charge in [-0.2, -0.15) is 0 Å². The minimum absolute atomic E-state index is 0.0695. The third-order valence-corrected chi connectivity index (χ3v) is 4.10. The first-order valence-corrected chi connectivity index (χ1v) is 8.42. The lowest BCUT2D eigenvalue weighted by Gasteiger charge is -2.17. The fraction of sp³-hybridized carbons (Fsp3) is 0.222. The largest absolute Gasteiger partial charge is 0.467 e. The van der Waals surface area contributed by atoms with E-state index in [1.165, 1.54) is 19.2 Å². The first-order valence-electron chi connectivity index (χ1n) is 7.34. The van der Waals surface area contributed by atoms with Crippen molar-refractivity contribution in [3.63, 3.8) is 0 Å². The van der Waals surface area contributed by atoms with E-state index in [9.17, 15) is 14.0 Å². The predicted octanol–water partition coefficient (Wildman–Crippen LogP) is 2.87. The molecule has 2 aromatic rings. The molecule has 0 aromatic heterocycles. The molecule has 0 radical (unpaired) electrons. The summed E-state index contributed by atoms with van der Waals surface area (Å²) in [7, 11) is 1.29. The Labute approximate surface area is 153 Å². The summed E-state index contributed by atoms with van der Waals surface area (Å²) in [5.41, 5.74) is 1.60. The Morgan fingerprint density at radius 3 is 2.50 bits per heavy atom. The molecular weight excluding hydrogens is 424 g/mol. The molecule has 0 aliphatic heterocycles. The lowest BCUT2D eigenvalue weighted by atomic mass is 10.1. The van der Waals surface area contributed by atoms with Gasteiger partial charge in [-0.15, -0.1) is 0 Å². The standard InChI is InChI=1S/C18H17FINO3/c1-24-18(23)16(10-13-3-2-4-15(20)9-13)21-17(22)11-12-5-7-14(19)8-6-12/h2-9,16H,10-11H2,1H3,(H,21,22)/t16-/m0/s1. The molecule has 0 aliphatic carbocycles. The quantitative estimate of drug-likeness (QED) is 0.554. The van der Waals surface area contributed by atoms with Crippen LogP contribution in [0.25, 0.3) is 0 Å². The van der Waals surface area contributed by atoms with Crippen molar-refractivity contribution in [3.05, 3.63) is 69.0 Å². The van der Waals surface area contributed by atoms with Gasteiger partial charge in [-0.3, -0.25) is 4.79 Å². The van der Waals surface area contributed by atoms with E-state index in [4.69, 9.17) is 4.74 Å². The van der Waals surface area contributed by atoms with Gasteiger partial charge < -0.3 is 10.1 Å². The summed E-state index contributed by atoms with van der Waals surface area (Å²) in [6.07, 6.45) is 0.415. The Kier molecular flexibility index (Phi) is 6.72. The predicted molar refractivity (Wildman–Crippen MR) is 96.9 cm³/mol. The van der Waals surface area contributed by atoms with Crippen LogP contribution in [0.5, 0.6) is 0 Å². The Morgan fingerprint density at radius 1 is 1.17 bits per heavy atom. The Bertz CT molecular complexity index is 718. The van der Waals surface area contributed by atoms with Gasteiger partial charge in [0, 0.05) is 9.99 Å². The first-order chi connectivity index (χ1) is 11.5. The Hall–Kier alpha value is -1.96. The number of esters is 1. The summed E-state index contributed by atoms with van der Waals surface area (Å²) in [5, 5.41) is 2.69. The normalized spacial score (nSPS) is 11.6. The van der Waals surface area contributed by atoms with Crippen molar-refractivity contribution in [3.8, 4) is 0 Å². The molecule has 0 bridgehead atoms. The smallest absolute Gasteiger partial charge is 0.328 e. The van der Waals surface area contributed by atoms with Crippen molar-refractivity contribution in [1.29, 1.82) is 0 Å². The lowest BCUT2D eigenvalue weighted by molar-refractivity contribution is -0.145. The highest BCUT2D eigenvalue weighted by molar-refractivity contribution is 14.1. The molecule has 24 heavy (non-hydrogen) atoms. The molecule has 1 N–H and O–H groups in total. The van der Waals surface area contributed by atoms with Crippen LogP contribution in [0.2, 0.25) is 0 Å². The van der Waals surface area contributed by atoms with Crippen LogP contribution in [0.1, 0.15) is 11.1 Å². The van der Waals surface area contributed by atoms with E-state index in [1.54, 1.807) is 12.1 Å². The zero-order valence-corrected chi connectivity index (χ0v) is 15.2. The molecule has 0 unspecified atom stereocenters. The molecular formula is C18H17FINO3. The fourth-order valence-electron chi connectivity index (χ4n) is 2.27. The van der Waals surface area contributed by atoms with Crippen molar-refractivity contribution in [2.45, 2.75) is 18.9 Å². The maximum absolute atomic E-state index is 12.9. The molecule has 0 fully saturated rings. The van der Waals surface area contributed by atoms with Crippen molar-refractivity contribution < 1.29 is 18.7 Å². The zero-order chi connectivity index (χ0) is 17.5. The van der Waals surface area contributed by atoms with Crippen LogP contribution < -0.4 is 5.32 Å². The van der Waals surface area contributed by atoms with Crippen LogP contribution in [0, 0.1) is 9.39 Å². The second-order valence-corrected chi connectivity index (χ2v) is 6.53. The number of nitrogens with one attached hydrogen (secondary N) is 1. The highest BCUT2D eigenvalue weighted by Crippen LogP contribution is 2.11. The Morgan fingerprint density at radius 2 is 1.88 bits per heavy atom. The molecule has 0 saturated carbocycles. The number of carbonyl (C=O) groups is 2. The number of carbonyl (C=O) groups excluding carboxylic acids is 2. The number of ether oxygens (including phenoxy) is 1. The van der Waals surface area contributed by atoms with Gasteiger partial charge in [0.05, 0.1) is 13.5 Å². The second kappa shape index (κ2) is 8.77. The maximum atomic E-state index is 12.9. The SMILES string of the molecule is COC(=O)[C@H](Cc1cccc(I)c1)NC(=O)Cc1ccc(F)cc1. The molecule has 0 spiro atoms. The topological polar surface area (TPSA) is 55.4 Å². The van der Waals surface area contributed by atoms with Gasteiger partial charge in [-0.25, -0.2) is 9.18 Å². The molecule has 4 nitrogen and oxygen atoms in total. The van der Waals surface area contributed by atoms with Crippen LogP contribution in [0.15, 0.2) is 48.5 Å². The third-order valence-electron chi connectivity index (χ3n) is 3.43. The van der Waals surface area contributed by atoms with Crippen molar-refractivity contribution in [1.82, 2.24) is 5.32 Å². The number of rotatable bonds is 6. The number of halogens is 2. The van der Waals surface area contributed by atoms with E-state index < -0.39 is 12.0 Å². The molecule has 6 heteroatoms. The van der Waals surface area contributed by atoms with E-state index in [1.807, 2.05) is 24.3 Å². The van der Waals surface area contributed by atoms with Crippen LogP contribution >= 0.6 is 22.6 Å². The summed E-state index contributed by atoms with van der Waals surface area (Å²) in [6.45, 7) is 0. The van der Waals surface area contributed by atoms with Crippen LogP contribution in [-0.2, 0) is 27.2 Å². The number of benzene rings is 2. The van der Waals surface area contributed by atoms with E-state index in [-0.39, 0.29) is 18.1 Å². The van der Waals surface area contributed by atoms with Crippen molar-refractivity contribution in [2.75, 3.05) is 7.11 Å². The van der Waals surface area contributed by atoms with Gasteiger partial charge in [0.1, 0.15) is 11.9 Å². The van der Waals surface area contributed by atoms with Crippen LogP contribution in [0.3, 0.4) is 0 Å². The van der Waals surface area contributed by atoms with E-state index >= 15 is 0 Å². The van der Waals surface area contributed by atoms with Crippen LogP contribution in [0.4, 0.5) is 4.39 Å².